The second-order valence-electron chi connectivity index (χ2n) is 7.78. The highest BCUT2D eigenvalue weighted by molar-refractivity contribution is 8.27. The molecular formula is C26H20N2O3S2. The van der Waals surface area contributed by atoms with Crippen LogP contribution in [0.1, 0.15) is 16.7 Å². The van der Waals surface area contributed by atoms with Crippen LogP contribution in [0.15, 0.2) is 77.7 Å². The first-order valence-corrected chi connectivity index (χ1v) is 11.6. The fourth-order valence-electron chi connectivity index (χ4n) is 4.07. The number of hydrogen-bond donors (Lipinski definition) is 0. The lowest BCUT2D eigenvalue weighted by Crippen LogP contribution is -2.29. The van der Waals surface area contributed by atoms with Crippen LogP contribution in [0.3, 0.4) is 0 Å². The Morgan fingerprint density at radius 3 is 2.27 bits per heavy atom. The van der Waals surface area contributed by atoms with Crippen LogP contribution in [-0.2, 0) is 16.1 Å². The predicted octanol–water partition coefficient (Wildman–Crippen LogP) is 5.33. The fourth-order valence-corrected chi connectivity index (χ4v) is 5.43. The summed E-state index contributed by atoms with van der Waals surface area (Å²) in [6.45, 7) is 2.45. The van der Waals surface area contributed by atoms with E-state index in [1.165, 1.54) is 4.90 Å². The Hall–Kier alpha value is -3.42. The van der Waals surface area contributed by atoms with Gasteiger partial charge in [-0.05, 0) is 30.7 Å². The van der Waals surface area contributed by atoms with Gasteiger partial charge in [0.2, 0.25) is 0 Å². The first-order valence-electron chi connectivity index (χ1n) is 10.4. The van der Waals surface area contributed by atoms with E-state index in [2.05, 4.69) is 0 Å². The Labute approximate surface area is 201 Å². The first kappa shape index (κ1) is 21.4. The number of rotatable bonds is 4. The van der Waals surface area contributed by atoms with Crippen LogP contribution in [0.4, 0.5) is 11.4 Å². The van der Waals surface area contributed by atoms with Crippen molar-refractivity contribution in [1.29, 1.82) is 0 Å². The van der Waals surface area contributed by atoms with Crippen molar-refractivity contribution in [2.24, 2.45) is 0 Å². The minimum absolute atomic E-state index is 0.197. The van der Waals surface area contributed by atoms with Crippen LogP contribution >= 0.6 is 24.0 Å². The summed E-state index contributed by atoms with van der Waals surface area (Å²) in [5.74, 6) is 0.0290. The van der Waals surface area contributed by atoms with E-state index < -0.39 is 0 Å². The molecule has 0 atom stereocenters. The molecule has 3 aromatic carbocycles. The summed E-state index contributed by atoms with van der Waals surface area (Å²) in [5.41, 5.74) is 4.68. The van der Waals surface area contributed by atoms with Crippen LogP contribution in [0.25, 0.3) is 5.57 Å². The third-order valence-electron chi connectivity index (χ3n) is 5.71. The number of ether oxygens (including phenoxy) is 1. The molecule has 0 radical (unpaired) electrons. The molecule has 164 valence electrons. The van der Waals surface area contributed by atoms with Gasteiger partial charge in [0.05, 0.1) is 35.5 Å². The largest absolute Gasteiger partial charge is 0.495 e. The van der Waals surface area contributed by atoms with Gasteiger partial charge >= 0.3 is 0 Å². The lowest BCUT2D eigenvalue weighted by atomic mass is 10.1. The Balaban J connectivity index is 1.58. The molecule has 2 aliphatic heterocycles. The summed E-state index contributed by atoms with van der Waals surface area (Å²) in [6.07, 6.45) is 0. The molecule has 33 heavy (non-hydrogen) atoms. The molecule has 0 aliphatic carbocycles. The smallest absolute Gasteiger partial charge is 0.271 e. The third kappa shape index (κ3) is 3.63. The molecule has 5 nitrogen and oxygen atoms in total. The molecule has 3 aromatic rings. The van der Waals surface area contributed by atoms with Crippen molar-refractivity contribution in [3.05, 3.63) is 94.4 Å². The highest BCUT2D eigenvalue weighted by atomic mass is 32.2. The lowest BCUT2D eigenvalue weighted by molar-refractivity contribution is -0.115. The quantitative estimate of drug-likeness (QED) is 0.380. The van der Waals surface area contributed by atoms with E-state index in [0.717, 1.165) is 34.1 Å². The predicted molar refractivity (Wildman–Crippen MR) is 136 cm³/mol. The number of amides is 2. The molecule has 0 unspecified atom stereocenters. The van der Waals surface area contributed by atoms with Gasteiger partial charge in [-0.2, -0.15) is 0 Å². The van der Waals surface area contributed by atoms with Crippen molar-refractivity contribution in [2.45, 2.75) is 13.5 Å². The van der Waals surface area contributed by atoms with Crippen LogP contribution in [-0.4, -0.2) is 23.2 Å². The lowest BCUT2D eigenvalue weighted by Gasteiger charge is -2.18. The summed E-state index contributed by atoms with van der Waals surface area (Å²) in [4.78, 5) is 30.7. The summed E-state index contributed by atoms with van der Waals surface area (Å²) >= 11 is 6.71. The van der Waals surface area contributed by atoms with Crippen LogP contribution in [0.5, 0.6) is 5.75 Å². The van der Waals surface area contributed by atoms with Gasteiger partial charge in [-0.3, -0.25) is 14.5 Å². The normalized spacial score (nSPS) is 17.7. The molecule has 0 saturated carbocycles. The summed E-state index contributed by atoms with van der Waals surface area (Å²) in [6, 6.07) is 22.9. The van der Waals surface area contributed by atoms with Gasteiger partial charge in [-0.1, -0.05) is 84.1 Å². The van der Waals surface area contributed by atoms with Gasteiger partial charge in [-0.15, -0.1) is 0 Å². The minimum atomic E-state index is -0.315. The van der Waals surface area contributed by atoms with Gasteiger partial charge in [0.1, 0.15) is 5.75 Å². The zero-order valence-electron chi connectivity index (χ0n) is 18.1. The minimum Gasteiger partial charge on any atom is -0.495 e. The zero-order valence-corrected chi connectivity index (χ0v) is 19.7. The number of thiocarbonyl (C=S) groups is 1. The van der Waals surface area contributed by atoms with Crippen molar-refractivity contribution < 1.29 is 14.3 Å². The van der Waals surface area contributed by atoms with E-state index in [1.807, 2.05) is 67.6 Å². The number of methoxy groups -OCH3 is 1. The third-order valence-corrected chi connectivity index (χ3v) is 7.08. The number of nitrogens with zero attached hydrogens (tertiary/aromatic N) is 2. The van der Waals surface area contributed by atoms with Gasteiger partial charge < -0.3 is 9.64 Å². The molecule has 2 aliphatic rings. The molecule has 0 bridgehead atoms. The Bertz CT molecular complexity index is 1330. The van der Waals surface area contributed by atoms with E-state index in [4.69, 9.17) is 17.0 Å². The standard InChI is InChI=1S/C26H20N2O3S2/c1-16-11-13-17(14-12-16)15-27-19-8-4-3-7-18(19)22(24(27)29)23-25(30)28(26(32)33-23)20-9-5-6-10-21(20)31-2/h3-14H,15H2,1-2H3. The van der Waals surface area contributed by atoms with Crippen LogP contribution in [0.2, 0.25) is 0 Å². The van der Waals surface area contributed by atoms with Crippen molar-refractivity contribution in [1.82, 2.24) is 0 Å². The monoisotopic (exact) mass is 472 g/mol. The second kappa shape index (κ2) is 8.50. The van der Waals surface area contributed by atoms with Gasteiger partial charge in [0.25, 0.3) is 11.8 Å². The number of para-hydroxylation sites is 3. The average molecular weight is 473 g/mol. The zero-order chi connectivity index (χ0) is 23.1. The average Bonchev–Trinajstić information content (AvgIpc) is 3.27. The SMILES string of the molecule is COc1ccccc1N1C(=O)C(=C2C(=O)N(Cc3ccc(C)cc3)c3ccccc32)SC1=S. The van der Waals surface area contributed by atoms with Gasteiger partial charge in [0.15, 0.2) is 4.32 Å². The highest BCUT2D eigenvalue weighted by Crippen LogP contribution is 2.47. The van der Waals surface area contributed by atoms with Crippen LogP contribution in [0, 0.1) is 6.92 Å². The van der Waals surface area contributed by atoms with E-state index in [-0.39, 0.29) is 11.8 Å². The van der Waals surface area contributed by atoms with Gasteiger partial charge in [-0.25, -0.2) is 0 Å². The number of aryl methyl sites for hydroxylation is 1. The number of carbonyl (C=O) groups excluding carboxylic acids is 2. The molecular weight excluding hydrogens is 452 g/mol. The Morgan fingerprint density at radius 2 is 1.55 bits per heavy atom. The van der Waals surface area contributed by atoms with E-state index in [0.29, 0.717) is 32.8 Å². The summed E-state index contributed by atoms with van der Waals surface area (Å²) in [7, 11) is 1.55. The van der Waals surface area contributed by atoms with Crippen molar-refractivity contribution in [3.8, 4) is 5.75 Å². The highest BCUT2D eigenvalue weighted by Gasteiger charge is 2.43. The maximum atomic E-state index is 13.7. The molecule has 1 fully saturated rings. The molecule has 7 heteroatoms. The maximum absolute atomic E-state index is 13.7. The molecule has 0 aromatic heterocycles. The topological polar surface area (TPSA) is 49.9 Å². The molecule has 2 amide bonds. The van der Waals surface area contributed by atoms with Gasteiger partial charge in [0, 0.05) is 5.56 Å². The number of thioether (sulfide) groups is 1. The molecule has 0 spiro atoms. The fraction of sp³-hybridized carbons (Fsp3) is 0.115. The van der Waals surface area contributed by atoms with Crippen LogP contribution < -0.4 is 14.5 Å². The first-order chi connectivity index (χ1) is 16.0. The maximum Gasteiger partial charge on any atom is 0.271 e. The Morgan fingerprint density at radius 1 is 0.879 bits per heavy atom. The van der Waals surface area contributed by atoms with Crippen molar-refractivity contribution >= 4 is 57.1 Å². The number of anilines is 2. The Kier molecular flexibility index (Phi) is 5.52. The van der Waals surface area contributed by atoms with Crippen molar-refractivity contribution in [3.63, 3.8) is 0 Å². The molecule has 1 saturated heterocycles. The summed E-state index contributed by atoms with van der Waals surface area (Å²) in [5, 5.41) is 0. The summed E-state index contributed by atoms with van der Waals surface area (Å²) < 4.78 is 5.80. The second-order valence-corrected chi connectivity index (χ2v) is 9.42. The number of benzene rings is 3. The van der Waals surface area contributed by atoms with Crippen molar-refractivity contribution in [2.75, 3.05) is 16.9 Å². The number of hydrogen-bond acceptors (Lipinski definition) is 5. The molecule has 5 rings (SSSR count). The van der Waals surface area contributed by atoms with E-state index in [9.17, 15) is 9.59 Å². The molecule has 0 N–H and O–H groups in total. The van der Waals surface area contributed by atoms with E-state index in [1.54, 1.807) is 24.1 Å². The molecule has 2 heterocycles. The number of fused-ring (bicyclic) bond motifs is 1. The van der Waals surface area contributed by atoms with E-state index >= 15 is 0 Å². The number of carbonyl (C=O) groups is 2.